The predicted molar refractivity (Wildman–Crippen MR) is 47.1 cm³/mol. The lowest BCUT2D eigenvalue weighted by atomic mass is 10.2. The summed E-state index contributed by atoms with van der Waals surface area (Å²) in [6.45, 7) is 3.54. The second-order valence-corrected chi connectivity index (χ2v) is 2.86. The third-order valence-corrected chi connectivity index (χ3v) is 1.79. The first-order valence-electron chi connectivity index (χ1n) is 4.01. The fraction of sp³-hybridized carbons (Fsp3) is 0.500. The van der Waals surface area contributed by atoms with Crippen LogP contribution >= 0.6 is 0 Å². The Morgan fingerprint density at radius 1 is 1.62 bits per heavy atom. The molecule has 0 bridgehead atoms. The van der Waals surface area contributed by atoms with Gasteiger partial charge in [0.2, 0.25) is 0 Å². The van der Waals surface area contributed by atoms with E-state index in [2.05, 4.69) is 10.3 Å². The number of hydrogen-bond donors (Lipinski definition) is 2. The fourth-order valence-corrected chi connectivity index (χ4v) is 1.22. The Morgan fingerprint density at radius 3 is 2.62 bits per heavy atom. The highest BCUT2D eigenvalue weighted by Gasteiger charge is 2.17. The molecule has 1 rings (SSSR count). The SMILES string of the molecule is CNCC(=O)c1c(C)nc(C)n1O. The molecule has 1 heterocycles. The van der Waals surface area contributed by atoms with Gasteiger partial charge < -0.3 is 10.5 Å². The van der Waals surface area contributed by atoms with Gasteiger partial charge in [-0.05, 0) is 20.9 Å². The highest BCUT2D eigenvalue weighted by atomic mass is 16.5. The number of carbonyl (C=O) groups excluding carboxylic acids is 1. The first-order valence-corrected chi connectivity index (χ1v) is 4.01. The third kappa shape index (κ3) is 1.70. The molecule has 0 aliphatic heterocycles. The molecule has 0 unspecified atom stereocenters. The number of aromatic nitrogens is 2. The van der Waals surface area contributed by atoms with Crippen LogP contribution in [-0.2, 0) is 0 Å². The molecular formula is C8H13N3O2. The average molecular weight is 183 g/mol. The van der Waals surface area contributed by atoms with Crippen molar-refractivity contribution >= 4 is 5.78 Å². The van der Waals surface area contributed by atoms with Crippen LogP contribution in [0.25, 0.3) is 0 Å². The first kappa shape index (κ1) is 9.73. The van der Waals surface area contributed by atoms with Gasteiger partial charge in [0, 0.05) is 0 Å². The number of aryl methyl sites for hydroxylation is 2. The van der Waals surface area contributed by atoms with E-state index in [9.17, 15) is 10.0 Å². The highest BCUT2D eigenvalue weighted by molar-refractivity contribution is 5.97. The quantitative estimate of drug-likeness (QED) is 0.516. The molecule has 0 saturated carbocycles. The van der Waals surface area contributed by atoms with E-state index in [0.717, 1.165) is 4.73 Å². The number of hydrogen-bond acceptors (Lipinski definition) is 4. The van der Waals surface area contributed by atoms with Gasteiger partial charge in [-0.2, -0.15) is 4.73 Å². The molecule has 0 aliphatic carbocycles. The van der Waals surface area contributed by atoms with Crippen molar-refractivity contribution in [3.05, 3.63) is 17.2 Å². The molecule has 72 valence electrons. The molecule has 0 amide bonds. The first-order chi connectivity index (χ1) is 6.07. The van der Waals surface area contributed by atoms with E-state index in [0.29, 0.717) is 11.5 Å². The molecule has 5 heteroatoms. The summed E-state index contributed by atoms with van der Waals surface area (Å²) in [6.07, 6.45) is 0. The van der Waals surface area contributed by atoms with Crippen molar-refractivity contribution in [3.8, 4) is 0 Å². The predicted octanol–water partition coefficient (Wildman–Crippen LogP) is 0.139. The van der Waals surface area contributed by atoms with Crippen LogP contribution < -0.4 is 5.32 Å². The summed E-state index contributed by atoms with van der Waals surface area (Å²) in [5.41, 5.74) is 0.812. The second-order valence-electron chi connectivity index (χ2n) is 2.86. The van der Waals surface area contributed by atoms with Gasteiger partial charge in [0.25, 0.3) is 0 Å². The average Bonchev–Trinajstić information content (AvgIpc) is 2.27. The Kier molecular flexibility index (Phi) is 2.67. The summed E-state index contributed by atoms with van der Waals surface area (Å²) in [7, 11) is 1.68. The molecule has 0 spiro atoms. The normalized spacial score (nSPS) is 10.4. The zero-order valence-corrected chi connectivity index (χ0v) is 7.96. The smallest absolute Gasteiger partial charge is 0.198 e. The second kappa shape index (κ2) is 3.57. The summed E-state index contributed by atoms with van der Waals surface area (Å²) >= 11 is 0. The standard InChI is InChI=1S/C8H13N3O2/c1-5-8(7(12)4-9-3)11(13)6(2)10-5/h9,13H,4H2,1-3H3. The van der Waals surface area contributed by atoms with Crippen LogP contribution in [0.1, 0.15) is 22.0 Å². The highest BCUT2D eigenvalue weighted by Crippen LogP contribution is 2.08. The Hall–Kier alpha value is -1.36. The summed E-state index contributed by atoms with van der Waals surface area (Å²) < 4.78 is 0.828. The van der Waals surface area contributed by atoms with Gasteiger partial charge in [0.1, 0.15) is 11.5 Å². The number of carbonyl (C=O) groups is 1. The summed E-state index contributed by atoms with van der Waals surface area (Å²) in [5, 5.41) is 12.1. The zero-order chi connectivity index (χ0) is 10.0. The van der Waals surface area contributed by atoms with Crippen LogP contribution in [0.3, 0.4) is 0 Å². The van der Waals surface area contributed by atoms with Crippen molar-refractivity contribution in [1.82, 2.24) is 15.0 Å². The number of nitrogens with zero attached hydrogens (tertiary/aromatic N) is 2. The van der Waals surface area contributed by atoms with Gasteiger partial charge in [0.15, 0.2) is 5.78 Å². The molecular weight excluding hydrogens is 170 g/mol. The van der Waals surface area contributed by atoms with Crippen LogP contribution in [0.5, 0.6) is 0 Å². The Balaban J connectivity index is 3.06. The van der Waals surface area contributed by atoms with E-state index < -0.39 is 0 Å². The molecule has 0 radical (unpaired) electrons. The Labute approximate surface area is 76.4 Å². The van der Waals surface area contributed by atoms with Crippen molar-refractivity contribution < 1.29 is 10.0 Å². The molecule has 1 aromatic rings. The van der Waals surface area contributed by atoms with Crippen LogP contribution in [0, 0.1) is 13.8 Å². The molecule has 2 N–H and O–H groups in total. The number of imidazole rings is 1. The van der Waals surface area contributed by atoms with Gasteiger partial charge in [-0.3, -0.25) is 4.79 Å². The van der Waals surface area contributed by atoms with E-state index in [4.69, 9.17) is 0 Å². The van der Waals surface area contributed by atoms with Gasteiger partial charge in [0.05, 0.1) is 12.2 Å². The van der Waals surface area contributed by atoms with Gasteiger partial charge in [-0.1, -0.05) is 0 Å². The van der Waals surface area contributed by atoms with Crippen molar-refractivity contribution in [2.45, 2.75) is 13.8 Å². The lowest BCUT2D eigenvalue weighted by Crippen LogP contribution is -2.21. The monoisotopic (exact) mass is 183 g/mol. The molecule has 1 aromatic heterocycles. The van der Waals surface area contributed by atoms with E-state index in [1.165, 1.54) is 0 Å². The topological polar surface area (TPSA) is 67.2 Å². The van der Waals surface area contributed by atoms with Crippen molar-refractivity contribution in [2.75, 3.05) is 13.6 Å². The van der Waals surface area contributed by atoms with Crippen molar-refractivity contribution in [3.63, 3.8) is 0 Å². The lowest BCUT2D eigenvalue weighted by Gasteiger charge is -2.01. The minimum atomic E-state index is -0.164. The number of ketones is 1. The summed E-state index contributed by atoms with van der Waals surface area (Å²) in [4.78, 5) is 15.4. The maximum atomic E-state index is 11.4. The van der Waals surface area contributed by atoms with Gasteiger partial charge in [-0.25, -0.2) is 4.98 Å². The van der Waals surface area contributed by atoms with Gasteiger partial charge in [-0.15, -0.1) is 0 Å². The van der Waals surface area contributed by atoms with Crippen LogP contribution in [-0.4, -0.2) is 34.3 Å². The molecule has 0 aliphatic rings. The van der Waals surface area contributed by atoms with E-state index in [1.807, 2.05) is 0 Å². The lowest BCUT2D eigenvalue weighted by molar-refractivity contribution is 0.0938. The van der Waals surface area contributed by atoms with Crippen molar-refractivity contribution in [1.29, 1.82) is 0 Å². The molecule has 0 atom stereocenters. The minimum absolute atomic E-state index is 0.164. The van der Waals surface area contributed by atoms with Crippen LogP contribution in [0.2, 0.25) is 0 Å². The van der Waals surface area contributed by atoms with Crippen molar-refractivity contribution in [2.24, 2.45) is 0 Å². The largest absolute Gasteiger partial charge is 0.427 e. The fourth-order valence-electron chi connectivity index (χ4n) is 1.22. The third-order valence-electron chi connectivity index (χ3n) is 1.79. The minimum Gasteiger partial charge on any atom is -0.427 e. The maximum Gasteiger partial charge on any atom is 0.198 e. The summed E-state index contributed by atoms with van der Waals surface area (Å²) in [5.74, 6) is 0.264. The Morgan fingerprint density at radius 2 is 2.23 bits per heavy atom. The number of Topliss-reactive ketones (excluding diaryl/α,β-unsaturated/α-hetero) is 1. The van der Waals surface area contributed by atoms with E-state index >= 15 is 0 Å². The van der Waals surface area contributed by atoms with Crippen LogP contribution in [0.4, 0.5) is 0 Å². The van der Waals surface area contributed by atoms with E-state index in [-0.39, 0.29) is 18.0 Å². The molecule has 0 saturated heterocycles. The molecule has 13 heavy (non-hydrogen) atoms. The molecule has 0 aromatic carbocycles. The molecule has 5 nitrogen and oxygen atoms in total. The summed E-state index contributed by atoms with van der Waals surface area (Å²) in [6, 6.07) is 0. The van der Waals surface area contributed by atoms with Gasteiger partial charge >= 0.3 is 0 Å². The number of nitrogens with one attached hydrogen (secondary N) is 1. The zero-order valence-electron chi connectivity index (χ0n) is 7.96. The van der Waals surface area contributed by atoms with E-state index in [1.54, 1.807) is 20.9 Å². The number of likely N-dealkylation sites (N-methyl/N-ethyl adjacent to an activating group) is 1. The number of rotatable bonds is 3. The van der Waals surface area contributed by atoms with Crippen LogP contribution in [0.15, 0.2) is 0 Å². The maximum absolute atomic E-state index is 11.4. The molecule has 0 fully saturated rings. The Bertz CT molecular complexity index is 330.